The van der Waals surface area contributed by atoms with Crippen LogP contribution in [-0.4, -0.2) is 29.1 Å². The fourth-order valence-corrected chi connectivity index (χ4v) is 2.25. The molecule has 0 aromatic carbocycles. The maximum absolute atomic E-state index is 12.0. The lowest BCUT2D eigenvalue weighted by molar-refractivity contribution is 0.0941. The third-order valence-corrected chi connectivity index (χ3v) is 3.21. The number of aromatic nitrogens is 1. The minimum Gasteiger partial charge on any atom is -0.396 e. The van der Waals surface area contributed by atoms with Gasteiger partial charge in [-0.2, -0.15) is 0 Å². The summed E-state index contributed by atoms with van der Waals surface area (Å²) in [4.78, 5) is 15.8. The van der Waals surface area contributed by atoms with E-state index in [1.54, 1.807) is 12.3 Å². The summed E-state index contributed by atoms with van der Waals surface area (Å²) in [7, 11) is 0. The highest BCUT2D eigenvalue weighted by Gasteiger charge is 2.14. The van der Waals surface area contributed by atoms with Crippen LogP contribution < -0.4 is 5.32 Å². The fraction of sp³-hybridized carbons (Fsp3) is 0.571. The molecule has 0 spiro atoms. The second-order valence-corrected chi connectivity index (χ2v) is 5.48. The molecule has 106 valence electrons. The molecule has 0 aliphatic rings. The van der Waals surface area contributed by atoms with Gasteiger partial charge in [-0.05, 0) is 30.7 Å². The Morgan fingerprint density at radius 3 is 2.84 bits per heavy atom. The summed E-state index contributed by atoms with van der Waals surface area (Å²) in [5.74, 6) is 0.631. The van der Waals surface area contributed by atoms with E-state index in [1.807, 2.05) is 0 Å². The van der Waals surface area contributed by atoms with Crippen molar-refractivity contribution in [3.63, 3.8) is 0 Å². The number of hydrogen-bond acceptors (Lipinski definition) is 3. The molecule has 1 aromatic rings. The Morgan fingerprint density at radius 2 is 2.26 bits per heavy atom. The predicted molar refractivity (Wildman–Crippen MR) is 76.2 cm³/mol. The predicted octanol–water partition coefficient (Wildman–Crippen LogP) is 2.51. The summed E-state index contributed by atoms with van der Waals surface area (Å²) in [6.07, 6.45) is 4.67. The van der Waals surface area contributed by atoms with Crippen LogP contribution in [-0.2, 0) is 0 Å². The van der Waals surface area contributed by atoms with Crippen LogP contribution in [0, 0.1) is 11.8 Å². The highest BCUT2D eigenvalue weighted by atomic mass is 35.5. The zero-order valence-corrected chi connectivity index (χ0v) is 12.2. The van der Waals surface area contributed by atoms with Crippen LogP contribution in [0.3, 0.4) is 0 Å². The quantitative estimate of drug-likeness (QED) is 0.809. The van der Waals surface area contributed by atoms with E-state index >= 15 is 0 Å². The first-order valence-electron chi connectivity index (χ1n) is 6.53. The number of aliphatic hydroxyl groups excluding tert-OH is 1. The third kappa shape index (κ3) is 5.57. The Bertz CT molecular complexity index is 410. The second-order valence-electron chi connectivity index (χ2n) is 5.07. The molecule has 4 nitrogen and oxygen atoms in total. The van der Waals surface area contributed by atoms with Crippen molar-refractivity contribution in [2.24, 2.45) is 11.8 Å². The van der Waals surface area contributed by atoms with Gasteiger partial charge in [0.25, 0.3) is 5.91 Å². The maximum Gasteiger partial charge on any atom is 0.252 e. The van der Waals surface area contributed by atoms with Crippen LogP contribution in [0.4, 0.5) is 0 Å². The van der Waals surface area contributed by atoms with Gasteiger partial charge in [-0.25, -0.2) is 0 Å². The molecule has 1 unspecified atom stereocenters. The molecule has 0 aliphatic heterocycles. The van der Waals surface area contributed by atoms with Crippen LogP contribution in [0.5, 0.6) is 0 Å². The zero-order valence-electron chi connectivity index (χ0n) is 11.4. The number of hydrogen-bond donors (Lipinski definition) is 2. The molecule has 0 aliphatic carbocycles. The smallest absolute Gasteiger partial charge is 0.252 e. The molecular weight excluding hydrogens is 264 g/mol. The van der Waals surface area contributed by atoms with E-state index in [9.17, 15) is 4.79 Å². The number of nitrogens with zero attached hydrogens (tertiary/aromatic N) is 1. The molecule has 1 heterocycles. The van der Waals surface area contributed by atoms with Gasteiger partial charge in [0.15, 0.2) is 0 Å². The van der Waals surface area contributed by atoms with Crippen molar-refractivity contribution in [2.75, 3.05) is 13.2 Å². The summed E-state index contributed by atoms with van der Waals surface area (Å²) in [5.41, 5.74) is 0.434. The van der Waals surface area contributed by atoms with Gasteiger partial charge in [0.2, 0.25) is 0 Å². The Kier molecular flexibility index (Phi) is 6.81. The summed E-state index contributed by atoms with van der Waals surface area (Å²) in [6, 6.07) is 1.60. The van der Waals surface area contributed by atoms with Crippen LogP contribution >= 0.6 is 11.6 Å². The molecule has 19 heavy (non-hydrogen) atoms. The van der Waals surface area contributed by atoms with Crippen molar-refractivity contribution in [1.82, 2.24) is 10.3 Å². The highest BCUT2D eigenvalue weighted by Crippen LogP contribution is 2.16. The van der Waals surface area contributed by atoms with Crippen molar-refractivity contribution in [3.05, 3.63) is 29.0 Å². The standard InChI is InChI=1S/C14H21ClN2O2/c1-10(2)7-11(4-6-18)8-17-14(19)12-3-5-16-9-13(12)15/h3,5,9-11,18H,4,6-8H2,1-2H3,(H,17,19). The first kappa shape index (κ1) is 15.9. The lowest BCUT2D eigenvalue weighted by Crippen LogP contribution is -2.30. The monoisotopic (exact) mass is 284 g/mol. The lowest BCUT2D eigenvalue weighted by Gasteiger charge is -2.18. The first-order valence-corrected chi connectivity index (χ1v) is 6.91. The first-order chi connectivity index (χ1) is 9.04. The van der Waals surface area contributed by atoms with Gasteiger partial charge in [0.1, 0.15) is 0 Å². The molecule has 0 radical (unpaired) electrons. The molecule has 0 fully saturated rings. The normalized spacial score (nSPS) is 12.5. The van der Waals surface area contributed by atoms with Crippen LogP contribution in [0.15, 0.2) is 18.5 Å². The summed E-state index contributed by atoms with van der Waals surface area (Å²) < 4.78 is 0. The molecular formula is C14H21ClN2O2. The number of amides is 1. The van der Waals surface area contributed by atoms with E-state index < -0.39 is 0 Å². The van der Waals surface area contributed by atoms with Crippen molar-refractivity contribution in [1.29, 1.82) is 0 Å². The minimum absolute atomic E-state index is 0.142. The highest BCUT2D eigenvalue weighted by molar-refractivity contribution is 6.33. The molecule has 2 N–H and O–H groups in total. The Balaban J connectivity index is 2.54. The lowest BCUT2D eigenvalue weighted by atomic mass is 9.94. The molecule has 1 amide bonds. The van der Waals surface area contributed by atoms with Gasteiger partial charge in [0.05, 0.1) is 10.6 Å². The van der Waals surface area contributed by atoms with E-state index in [0.717, 1.165) is 6.42 Å². The molecule has 0 saturated carbocycles. The number of rotatable bonds is 7. The number of aliphatic hydroxyl groups is 1. The fourth-order valence-electron chi connectivity index (χ4n) is 2.04. The average Bonchev–Trinajstić information content (AvgIpc) is 2.36. The molecule has 1 aromatic heterocycles. The van der Waals surface area contributed by atoms with Crippen molar-refractivity contribution < 1.29 is 9.90 Å². The van der Waals surface area contributed by atoms with Gasteiger partial charge in [-0.1, -0.05) is 25.4 Å². The van der Waals surface area contributed by atoms with Gasteiger partial charge in [-0.3, -0.25) is 9.78 Å². The van der Waals surface area contributed by atoms with Crippen LogP contribution in [0.1, 0.15) is 37.0 Å². The summed E-state index contributed by atoms with van der Waals surface area (Å²) in [6.45, 7) is 4.96. The van der Waals surface area contributed by atoms with Crippen LogP contribution in [0.2, 0.25) is 5.02 Å². The second kappa shape index (κ2) is 8.12. The number of pyridine rings is 1. The Labute approximate surface area is 119 Å². The molecule has 0 bridgehead atoms. The Hall–Kier alpha value is -1.13. The van der Waals surface area contributed by atoms with E-state index in [2.05, 4.69) is 24.1 Å². The van der Waals surface area contributed by atoms with Crippen molar-refractivity contribution in [3.8, 4) is 0 Å². The largest absolute Gasteiger partial charge is 0.396 e. The van der Waals surface area contributed by atoms with E-state index in [0.29, 0.717) is 29.5 Å². The SMILES string of the molecule is CC(C)CC(CCO)CNC(=O)c1ccncc1Cl. The molecule has 1 rings (SSSR count). The number of carbonyl (C=O) groups is 1. The van der Waals surface area contributed by atoms with E-state index in [-0.39, 0.29) is 18.4 Å². The van der Waals surface area contributed by atoms with E-state index in [1.165, 1.54) is 6.20 Å². The van der Waals surface area contributed by atoms with Gasteiger partial charge < -0.3 is 10.4 Å². The number of carbonyl (C=O) groups excluding carboxylic acids is 1. The zero-order chi connectivity index (χ0) is 14.3. The van der Waals surface area contributed by atoms with Crippen molar-refractivity contribution >= 4 is 17.5 Å². The molecule has 5 heteroatoms. The Morgan fingerprint density at radius 1 is 1.53 bits per heavy atom. The van der Waals surface area contributed by atoms with Gasteiger partial charge >= 0.3 is 0 Å². The average molecular weight is 285 g/mol. The maximum atomic E-state index is 12.0. The van der Waals surface area contributed by atoms with Gasteiger partial charge in [-0.15, -0.1) is 0 Å². The molecule has 0 saturated heterocycles. The topological polar surface area (TPSA) is 62.2 Å². The minimum atomic E-state index is -0.195. The summed E-state index contributed by atoms with van der Waals surface area (Å²) in [5, 5.41) is 12.3. The summed E-state index contributed by atoms with van der Waals surface area (Å²) >= 11 is 5.92. The van der Waals surface area contributed by atoms with Crippen LogP contribution in [0.25, 0.3) is 0 Å². The number of nitrogens with one attached hydrogen (secondary N) is 1. The molecule has 1 atom stereocenters. The third-order valence-electron chi connectivity index (χ3n) is 2.91. The van der Waals surface area contributed by atoms with E-state index in [4.69, 9.17) is 16.7 Å². The van der Waals surface area contributed by atoms with Crippen molar-refractivity contribution in [2.45, 2.75) is 26.7 Å². The van der Waals surface area contributed by atoms with Gasteiger partial charge in [0, 0.05) is 25.5 Å². The number of halogens is 1.